The summed E-state index contributed by atoms with van der Waals surface area (Å²) in [5, 5.41) is 4.84. The molecule has 2 aromatic heterocycles. The van der Waals surface area contributed by atoms with E-state index in [-0.39, 0.29) is 17.2 Å². The van der Waals surface area contributed by atoms with Gasteiger partial charge in [-0.3, -0.25) is 4.79 Å². The summed E-state index contributed by atoms with van der Waals surface area (Å²) in [5.41, 5.74) is 2.31. The third kappa shape index (κ3) is 3.91. The number of carbonyl (C=O) groups is 1. The van der Waals surface area contributed by atoms with Crippen molar-refractivity contribution in [3.05, 3.63) is 52.2 Å². The largest absolute Gasteiger partial charge is 0.349 e. The number of benzene rings is 1. The number of thiophene rings is 1. The Labute approximate surface area is 162 Å². The van der Waals surface area contributed by atoms with Gasteiger partial charge < -0.3 is 5.32 Å². The molecule has 1 amide bonds. The molecule has 4 nitrogen and oxygen atoms in total. The first-order valence-corrected chi connectivity index (χ1v) is 10.3. The maximum atomic E-state index is 12.7. The van der Waals surface area contributed by atoms with Crippen molar-refractivity contribution in [1.82, 2.24) is 15.3 Å². The smallest absolute Gasteiger partial charge is 0.233 e. The van der Waals surface area contributed by atoms with E-state index < -0.39 is 0 Å². The van der Waals surface area contributed by atoms with E-state index in [1.807, 2.05) is 51.1 Å². The molecule has 0 saturated heterocycles. The number of thioether (sulfide) groups is 1. The molecular weight excluding hydrogens is 362 g/mol. The molecule has 1 N–H and O–H groups in total. The lowest BCUT2D eigenvalue weighted by Gasteiger charge is -2.18. The van der Waals surface area contributed by atoms with Crippen molar-refractivity contribution in [2.45, 2.75) is 50.9 Å². The van der Waals surface area contributed by atoms with Crippen molar-refractivity contribution >= 4 is 39.2 Å². The van der Waals surface area contributed by atoms with Crippen LogP contribution in [-0.2, 0) is 4.79 Å². The van der Waals surface area contributed by atoms with Crippen LogP contribution in [-0.4, -0.2) is 21.1 Å². The summed E-state index contributed by atoms with van der Waals surface area (Å²) in [7, 11) is 0. The lowest BCUT2D eigenvalue weighted by molar-refractivity contribution is -0.120. The standard InChI is InChI=1S/C20H23N3OS2/c1-11-13(3)25-19-17(11)20(23-15(5)22-19)26-14(4)18(24)21-12(2)16-9-7-6-8-10-16/h6-10,12,14H,1-5H3,(H,21,24)/t12-,14+/m1/s1. The summed E-state index contributed by atoms with van der Waals surface area (Å²) in [5.74, 6) is 0.756. The van der Waals surface area contributed by atoms with E-state index in [0.29, 0.717) is 0 Å². The molecule has 0 spiro atoms. The van der Waals surface area contributed by atoms with Crippen LogP contribution >= 0.6 is 23.1 Å². The number of fused-ring (bicyclic) bond motifs is 1. The van der Waals surface area contributed by atoms with Gasteiger partial charge in [0.05, 0.1) is 11.3 Å². The van der Waals surface area contributed by atoms with Crippen LogP contribution in [0.1, 0.15) is 41.7 Å². The number of nitrogens with zero attached hydrogens (tertiary/aromatic N) is 2. The van der Waals surface area contributed by atoms with Crippen molar-refractivity contribution in [3.8, 4) is 0 Å². The van der Waals surface area contributed by atoms with Crippen LogP contribution in [0.2, 0.25) is 0 Å². The van der Waals surface area contributed by atoms with Gasteiger partial charge in [-0.15, -0.1) is 11.3 Å². The SMILES string of the molecule is Cc1nc(S[C@@H](C)C(=O)N[C@H](C)c2ccccc2)c2c(C)c(C)sc2n1. The second-order valence-corrected chi connectivity index (χ2v) is 8.97. The highest BCUT2D eigenvalue weighted by molar-refractivity contribution is 8.00. The summed E-state index contributed by atoms with van der Waals surface area (Å²) in [6.07, 6.45) is 0. The molecule has 0 fully saturated rings. The van der Waals surface area contributed by atoms with Crippen LogP contribution in [0.4, 0.5) is 0 Å². The zero-order chi connectivity index (χ0) is 18.8. The quantitative estimate of drug-likeness (QED) is 0.497. The normalized spacial score (nSPS) is 13.6. The van der Waals surface area contributed by atoms with Gasteiger partial charge in [-0.1, -0.05) is 42.1 Å². The van der Waals surface area contributed by atoms with Gasteiger partial charge in [0, 0.05) is 10.3 Å². The molecule has 1 aromatic carbocycles. The van der Waals surface area contributed by atoms with Crippen molar-refractivity contribution in [2.75, 3.05) is 0 Å². The van der Waals surface area contributed by atoms with E-state index in [1.54, 1.807) is 11.3 Å². The van der Waals surface area contributed by atoms with Crippen molar-refractivity contribution in [3.63, 3.8) is 0 Å². The van der Waals surface area contributed by atoms with Crippen molar-refractivity contribution in [2.24, 2.45) is 0 Å². The molecule has 26 heavy (non-hydrogen) atoms. The van der Waals surface area contributed by atoms with Crippen LogP contribution in [0, 0.1) is 20.8 Å². The number of rotatable bonds is 5. The van der Waals surface area contributed by atoms with Crippen LogP contribution in [0.15, 0.2) is 35.4 Å². The average Bonchev–Trinajstić information content (AvgIpc) is 2.89. The molecule has 0 bridgehead atoms. The summed E-state index contributed by atoms with van der Waals surface area (Å²) in [6, 6.07) is 9.97. The Morgan fingerprint density at radius 1 is 1.12 bits per heavy atom. The minimum Gasteiger partial charge on any atom is -0.349 e. The third-order valence-electron chi connectivity index (χ3n) is 4.42. The number of hydrogen-bond donors (Lipinski definition) is 1. The molecule has 3 aromatic rings. The molecule has 2 heterocycles. The fourth-order valence-corrected chi connectivity index (χ4v) is 4.98. The molecule has 6 heteroatoms. The van der Waals surface area contributed by atoms with E-state index in [9.17, 15) is 4.79 Å². The third-order valence-corrected chi connectivity index (χ3v) is 6.61. The van der Waals surface area contributed by atoms with Crippen molar-refractivity contribution in [1.29, 1.82) is 0 Å². The minimum absolute atomic E-state index is 0.0142. The molecule has 0 unspecified atom stereocenters. The second-order valence-electron chi connectivity index (χ2n) is 6.44. The summed E-state index contributed by atoms with van der Waals surface area (Å²) >= 11 is 3.19. The lowest BCUT2D eigenvalue weighted by Crippen LogP contribution is -2.33. The highest BCUT2D eigenvalue weighted by Gasteiger charge is 2.21. The van der Waals surface area contributed by atoms with Gasteiger partial charge in [0.2, 0.25) is 5.91 Å². The Kier molecular flexibility index (Phi) is 5.63. The van der Waals surface area contributed by atoms with Gasteiger partial charge in [0.15, 0.2) is 0 Å². The molecule has 3 rings (SSSR count). The van der Waals surface area contributed by atoms with Crippen LogP contribution in [0.5, 0.6) is 0 Å². The van der Waals surface area contributed by atoms with E-state index in [4.69, 9.17) is 0 Å². The summed E-state index contributed by atoms with van der Waals surface area (Å²) in [4.78, 5) is 24.1. The van der Waals surface area contributed by atoms with Gasteiger partial charge in [-0.2, -0.15) is 0 Å². The first-order chi connectivity index (χ1) is 12.4. The number of hydrogen-bond acceptors (Lipinski definition) is 5. The fourth-order valence-electron chi connectivity index (χ4n) is 2.78. The first-order valence-electron chi connectivity index (χ1n) is 8.63. The van der Waals surface area contributed by atoms with Crippen LogP contribution in [0.25, 0.3) is 10.2 Å². The molecule has 0 radical (unpaired) electrons. The monoisotopic (exact) mass is 385 g/mol. The zero-order valence-electron chi connectivity index (χ0n) is 15.7. The number of amides is 1. The Bertz CT molecular complexity index is 937. The number of nitrogens with one attached hydrogen (secondary N) is 1. The minimum atomic E-state index is -0.238. The molecule has 136 valence electrons. The highest BCUT2D eigenvalue weighted by Crippen LogP contribution is 2.36. The van der Waals surface area contributed by atoms with Gasteiger partial charge >= 0.3 is 0 Å². The van der Waals surface area contributed by atoms with E-state index >= 15 is 0 Å². The number of aromatic nitrogens is 2. The maximum Gasteiger partial charge on any atom is 0.233 e. The van der Waals surface area contributed by atoms with E-state index in [1.165, 1.54) is 22.2 Å². The Hall–Kier alpha value is -1.92. The van der Waals surface area contributed by atoms with Gasteiger partial charge in [-0.25, -0.2) is 9.97 Å². The number of aryl methyl sites for hydroxylation is 3. The Balaban J connectivity index is 1.78. The van der Waals surface area contributed by atoms with Gasteiger partial charge in [0.1, 0.15) is 15.7 Å². The van der Waals surface area contributed by atoms with Gasteiger partial charge in [-0.05, 0) is 45.7 Å². The molecule has 2 atom stereocenters. The van der Waals surface area contributed by atoms with E-state index in [2.05, 4.69) is 29.1 Å². The van der Waals surface area contributed by atoms with Crippen LogP contribution in [0.3, 0.4) is 0 Å². The second kappa shape index (κ2) is 7.76. The number of carbonyl (C=O) groups excluding carboxylic acids is 1. The van der Waals surface area contributed by atoms with Crippen LogP contribution < -0.4 is 5.32 Å². The molecule has 0 aliphatic carbocycles. The summed E-state index contributed by atoms with van der Waals surface area (Å²) in [6.45, 7) is 10.0. The molecule has 0 aliphatic heterocycles. The molecule has 0 aliphatic rings. The highest BCUT2D eigenvalue weighted by atomic mass is 32.2. The molecular formula is C20H23N3OS2. The predicted molar refractivity (Wildman–Crippen MR) is 110 cm³/mol. The van der Waals surface area contributed by atoms with E-state index in [0.717, 1.165) is 26.6 Å². The summed E-state index contributed by atoms with van der Waals surface area (Å²) < 4.78 is 0. The van der Waals surface area contributed by atoms with Gasteiger partial charge in [0.25, 0.3) is 0 Å². The first kappa shape index (κ1) is 18.9. The fraction of sp³-hybridized carbons (Fsp3) is 0.350. The Morgan fingerprint density at radius 2 is 1.81 bits per heavy atom. The molecule has 0 saturated carbocycles. The Morgan fingerprint density at radius 3 is 2.50 bits per heavy atom. The maximum absolute atomic E-state index is 12.7. The zero-order valence-corrected chi connectivity index (χ0v) is 17.3. The predicted octanol–water partition coefficient (Wildman–Crippen LogP) is 4.97. The average molecular weight is 386 g/mol. The lowest BCUT2D eigenvalue weighted by atomic mass is 10.1. The topological polar surface area (TPSA) is 54.9 Å². The van der Waals surface area contributed by atoms with Crippen molar-refractivity contribution < 1.29 is 4.79 Å².